The van der Waals surface area contributed by atoms with Gasteiger partial charge < -0.3 is 9.47 Å². The van der Waals surface area contributed by atoms with Gasteiger partial charge in [0.25, 0.3) is 0 Å². The number of carbonyl (C=O) groups is 1. The Morgan fingerprint density at radius 3 is 2.83 bits per heavy atom. The summed E-state index contributed by atoms with van der Waals surface area (Å²) in [6.07, 6.45) is 0. The Labute approximate surface area is 115 Å². The quantitative estimate of drug-likeness (QED) is 0.515. The van der Waals surface area contributed by atoms with Gasteiger partial charge in [-0.05, 0) is 25.1 Å². The molecule has 1 aromatic carbocycles. The monoisotopic (exact) mass is 290 g/mol. The van der Waals surface area contributed by atoms with Crippen molar-refractivity contribution in [3.05, 3.63) is 23.2 Å². The van der Waals surface area contributed by atoms with Crippen LogP contribution in [0.3, 0.4) is 0 Å². The van der Waals surface area contributed by atoms with Crippen LogP contribution in [0.5, 0.6) is 5.75 Å². The normalized spacial score (nSPS) is 11.0. The van der Waals surface area contributed by atoms with E-state index in [9.17, 15) is 4.79 Å². The summed E-state index contributed by atoms with van der Waals surface area (Å²) in [5.74, 6) is -0.177. The zero-order chi connectivity index (χ0) is 13.5. The number of anilines is 1. The summed E-state index contributed by atoms with van der Waals surface area (Å²) >= 11 is 11.5. The highest BCUT2D eigenvalue weighted by Crippen LogP contribution is 2.27. The molecule has 0 heterocycles. The Morgan fingerprint density at radius 1 is 1.50 bits per heavy atom. The number of hydrogen-bond donors (Lipinski definition) is 1. The van der Waals surface area contributed by atoms with Crippen molar-refractivity contribution in [3.63, 3.8) is 0 Å². The van der Waals surface area contributed by atoms with Crippen molar-refractivity contribution in [1.82, 2.24) is 0 Å². The molecule has 0 aliphatic heterocycles. The molecule has 7 heteroatoms. The van der Waals surface area contributed by atoms with E-state index >= 15 is 0 Å². The lowest BCUT2D eigenvalue weighted by Gasteiger charge is -2.08. The van der Waals surface area contributed by atoms with Crippen LogP contribution in [0.15, 0.2) is 23.3 Å². The molecular weight excluding hydrogens is 279 g/mol. The van der Waals surface area contributed by atoms with Gasteiger partial charge in [-0.1, -0.05) is 23.2 Å². The summed E-state index contributed by atoms with van der Waals surface area (Å²) in [5, 5.41) is 3.88. The molecule has 0 atom stereocenters. The number of hydrazone groups is 1. The molecule has 0 unspecified atom stereocenters. The Morgan fingerprint density at radius 2 is 2.22 bits per heavy atom. The molecule has 98 valence electrons. The van der Waals surface area contributed by atoms with Crippen molar-refractivity contribution in [1.29, 1.82) is 0 Å². The van der Waals surface area contributed by atoms with Crippen LogP contribution in [-0.2, 0) is 9.53 Å². The lowest BCUT2D eigenvalue weighted by molar-refractivity contribution is -0.134. The van der Waals surface area contributed by atoms with Gasteiger partial charge >= 0.3 is 5.97 Å². The number of esters is 1. The van der Waals surface area contributed by atoms with Crippen molar-refractivity contribution < 1.29 is 14.3 Å². The predicted molar refractivity (Wildman–Crippen MR) is 71.5 cm³/mol. The van der Waals surface area contributed by atoms with Crippen LogP contribution in [0.1, 0.15) is 6.92 Å². The van der Waals surface area contributed by atoms with E-state index in [0.717, 1.165) is 0 Å². The van der Waals surface area contributed by atoms with E-state index in [2.05, 4.69) is 15.3 Å². The maximum absolute atomic E-state index is 11.2. The number of methoxy groups -OCH3 is 1. The van der Waals surface area contributed by atoms with Gasteiger partial charge in [-0.15, -0.1) is 0 Å². The predicted octanol–water partition coefficient (Wildman–Crippen LogP) is 2.88. The molecule has 0 spiro atoms. The van der Waals surface area contributed by atoms with E-state index in [1.807, 2.05) is 0 Å². The molecule has 0 fully saturated rings. The molecule has 0 aliphatic carbocycles. The van der Waals surface area contributed by atoms with Crippen molar-refractivity contribution in [3.8, 4) is 5.75 Å². The molecular formula is C11H12Cl2N2O3. The molecule has 0 saturated carbocycles. The van der Waals surface area contributed by atoms with Crippen LogP contribution < -0.4 is 10.2 Å². The summed E-state index contributed by atoms with van der Waals surface area (Å²) < 4.78 is 9.76. The van der Waals surface area contributed by atoms with E-state index in [1.54, 1.807) is 25.1 Å². The lowest BCUT2D eigenvalue weighted by Crippen LogP contribution is -2.13. The molecule has 0 aromatic heterocycles. The minimum absolute atomic E-state index is 0.227. The minimum Gasteiger partial charge on any atom is -0.495 e. The SMILES string of the molecule is CCOC(=O)C(Cl)=NNc1cc(Cl)ccc1OC. The number of halogens is 2. The number of hydrogen-bond acceptors (Lipinski definition) is 5. The highest BCUT2D eigenvalue weighted by molar-refractivity contribution is 6.82. The largest absolute Gasteiger partial charge is 0.495 e. The Bertz CT molecular complexity index is 464. The molecule has 0 amide bonds. The fourth-order valence-corrected chi connectivity index (χ4v) is 1.38. The summed E-state index contributed by atoms with van der Waals surface area (Å²) in [6, 6.07) is 4.93. The van der Waals surface area contributed by atoms with E-state index < -0.39 is 5.97 Å². The van der Waals surface area contributed by atoms with Crippen molar-refractivity contribution in [2.24, 2.45) is 5.10 Å². The third-order valence-electron chi connectivity index (χ3n) is 1.88. The maximum atomic E-state index is 11.2. The van der Waals surface area contributed by atoms with Crippen LogP contribution in [0.4, 0.5) is 5.69 Å². The summed E-state index contributed by atoms with van der Waals surface area (Å²) in [6.45, 7) is 1.90. The molecule has 0 saturated heterocycles. The fraction of sp³-hybridized carbons (Fsp3) is 0.273. The summed E-state index contributed by atoms with van der Waals surface area (Å²) in [4.78, 5) is 11.2. The first-order chi connectivity index (χ1) is 8.58. The Hall–Kier alpha value is -1.46. The second-order valence-electron chi connectivity index (χ2n) is 3.08. The van der Waals surface area contributed by atoms with Crippen molar-refractivity contribution in [2.45, 2.75) is 6.92 Å². The number of rotatable bonds is 5. The van der Waals surface area contributed by atoms with Crippen LogP contribution in [0, 0.1) is 0 Å². The van der Waals surface area contributed by atoms with Gasteiger partial charge in [0, 0.05) is 5.02 Å². The summed E-state index contributed by atoms with van der Waals surface area (Å²) in [5.41, 5.74) is 3.08. The zero-order valence-corrected chi connectivity index (χ0v) is 11.4. The molecule has 0 bridgehead atoms. The molecule has 5 nitrogen and oxygen atoms in total. The molecule has 18 heavy (non-hydrogen) atoms. The number of nitrogens with one attached hydrogen (secondary N) is 1. The molecule has 0 aliphatic rings. The fourth-order valence-electron chi connectivity index (χ4n) is 1.11. The van der Waals surface area contributed by atoms with Gasteiger partial charge in [0.15, 0.2) is 0 Å². The topological polar surface area (TPSA) is 59.9 Å². The van der Waals surface area contributed by atoms with Crippen LogP contribution in [-0.4, -0.2) is 24.9 Å². The van der Waals surface area contributed by atoms with Gasteiger partial charge in [-0.3, -0.25) is 5.43 Å². The van der Waals surface area contributed by atoms with E-state index in [0.29, 0.717) is 16.5 Å². The number of ether oxygens (including phenoxy) is 2. The Kier molecular flexibility index (Phi) is 5.74. The van der Waals surface area contributed by atoms with Crippen LogP contribution in [0.25, 0.3) is 0 Å². The average molecular weight is 291 g/mol. The van der Waals surface area contributed by atoms with E-state index in [1.165, 1.54) is 7.11 Å². The van der Waals surface area contributed by atoms with Crippen LogP contribution >= 0.6 is 23.2 Å². The highest BCUT2D eigenvalue weighted by atomic mass is 35.5. The molecule has 1 aromatic rings. The van der Waals surface area contributed by atoms with Crippen LogP contribution in [0.2, 0.25) is 5.02 Å². The first-order valence-electron chi connectivity index (χ1n) is 5.08. The molecule has 1 rings (SSSR count). The molecule has 0 radical (unpaired) electrons. The number of benzene rings is 1. The second-order valence-corrected chi connectivity index (χ2v) is 3.87. The summed E-state index contributed by atoms with van der Waals surface area (Å²) in [7, 11) is 1.51. The van der Waals surface area contributed by atoms with Gasteiger partial charge in [-0.2, -0.15) is 5.10 Å². The lowest BCUT2D eigenvalue weighted by atomic mass is 10.3. The number of carbonyl (C=O) groups excluding carboxylic acids is 1. The second kappa shape index (κ2) is 7.08. The van der Waals surface area contributed by atoms with Crippen molar-refractivity contribution in [2.75, 3.05) is 19.1 Å². The highest BCUT2D eigenvalue weighted by Gasteiger charge is 2.10. The van der Waals surface area contributed by atoms with Gasteiger partial charge in [0.05, 0.1) is 19.4 Å². The standard InChI is InChI=1S/C11H12Cl2N2O3/c1-3-18-11(16)10(13)15-14-8-6-7(12)4-5-9(8)17-2/h4-6,14H,3H2,1-2H3. The average Bonchev–Trinajstić information content (AvgIpc) is 2.36. The van der Waals surface area contributed by atoms with Gasteiger partial charge in [-0.25, -0.2) is 4.79 Å². The van der Waals surface area contributed by atoms with Crippen molar-refractivity contribution >= 4 is 40.0 Å². The maximum Gasteiger partial charge on any atom is 0.370 e. The molecule has 1 N–H and O–H groups in total. The smallest absolute Gasteiger partial charge is 0.370 e. The first-order valence-corrected chi connectivity index (χ1v) is 5.84. The zero-order valence-electron chi connectivity index (χ0n) is 9.87. The van der Waals surface area contributed by atoms with E-state index in [4.69, 9.17) is 27.9 Å². The van der Waals surface area contributed by atoms with E-state index in [-0.39, 0.29) is 11.8 Å². The third kappa shape index (κ3) is 4.09. The Balaban J connectivity index is 2.81. The number of nitrogens with zero attached hydrogens (tertiary/aromatic N) is 1. The van der Waals surface area contributed by atoms with Gasteiger partial charge in [0.1, 0.15) is 5.75 Å². The third-order valence-corrected chi connectivity index (χ3v) is 2.35. The van der Waals surface area contributed by atoms with Gasteiger partial charge in [0.2, 0.25) is 5.17 Å². The minimum atomic E-state index is -0.701. The first kappa shape index (κ1) is 14.6.